The topological polar surface area (TPSA) is 67.8 Å². The van der Waals surface area contributed by atoms with Gasteiger partial charge in [-0.15, -0.1) is 0 Å². The van der Waals surface area contributed by atoms with Gasteiger partial charge in [0.05, 0.1) is 12.8 Å². The molecule has 28 heavy (non-hydrogen) atoms. The maximum absolute atomic E-state index is 12.3. The molecule has 5 heteroatoms. The molecule has 0 spiro atoms. The molecule has 0 unspecified atom stereocenters. The van der Waals surface area contributed by atoms with Gasteiger partial charge in [0.25, 0.3) is 0 Å². The van der Waals surface area contributed by atoms with E-state index in [0.29, 0.717) is 29.4 Å². The van der Waals surface area contributed by atoms with Crippen LogP contribution in [-0.2, 0) is 11.4 Å². The first kappa shape index (κ1) is 19.0. The number of nitrogens with one attached hydrogen (secondary N) is 1. The predicted molar refractivity (Wildman–Crippen MR) is 110 cm³/mol. The fourth-order valence-electron chi connectivity index (χ4n) is 2.59. The van der Waals surface area contributed by atoms with Gasteiger partial charge in [-0.2, -0.15) is 0 Å². The predicted octanol–water partition coefficient (Wildman–Crippen LogP) is 4.63. The number of phenolic OH excluding ortho intramolecular Hbond substituents is 1. The SMILES string of the molecule is COc1ccc(/C=C/C(=O)Nc2ccccc2OCc2ccccc2)cc1O. The number of para-hydroxylation sites is 2. The number of rotatable bonds is 7. The van der Waals surface area contributed by atoms with Crippen molar-refractivity contribution in [2.24, 2.45) is 0 Å². The molecular weight excluding hydrogens is 354 g/mol. The number of ether oxygens (including phenoxy) is 2. The summed E-state index contributed by atoms with van der Waals surface area (Å²) in [5.41, 5.74) is 2.32. The highest BCUT2D eigenvalue weighted by atomic mass is 16.5. The third-order valence-electron chi connectivity index (χ3n) is 4.01. The number of benzene rings is 3. The molecule has 0 saturated carbocycles. The Morgan fingerprint density at radius 2 is 1.75 bits per heavy atom. The number of carbonyl (C=O) groups is 1. The molecule has 1 amide bonds. The normalized spacial score (nSPS) is 10.6. The molecule has 3 rings (SSSR count). The van der Waals surface area contributed by atoms with E-state index in [-0.39, 0.29) is 11.7 Å². The zero-order valence-electron chi connectivity index (χ0n) is 15.5. The van der Waals surface area contributed by atoms with Crippen molar-refractivity contribution in [3.8, 4) is 17.2 Å². The summed E-state index contributed by atoms with van der Waals surface area (Å²) < 4.78 is 10.8. The number of amides is 1. The van der Waals surface area contributed by atoms with E-state index in [1.165, 1.54) is 19.3 Å². The fraction of sp³-hybridized carbons (Fsp3) is 0.0870. The summed E-state index contributed by atoms with van der Waals surface area (Å²) in [6.07, 6.45) is 3.01. The zero-order valence-corrected chi connectivity index (χ0v) is 15.5. The monoisotopic (exact) mass is 375 g/mol. The maximum atomic E-state index is 12.3. The molecule has 0 radical (unpaired) electrons. The van der Waals surface area contributed by atoms with Crippen LogP contribution in [0.4, 0.5) is 5.69 Å². The molecule has 5 nitrogen and oxygen atoms in total. The Balaban J connectivity index is 1.64. The van der Waals surface area contributed by atoms with Crippen LogP contribution in [0.1, 0.15) is 11.1 Å². The Morgan fingerprint density at radius 1 is 1.00 bits per heavy atom. The molecule has 0 atom stereocenters. The lowest BCUT2D eigenvalue weighted by Crippen LogP contribution is -2.09. The smallest absolute Gasteiger partial charge is 0.248 e. The Morgan fingerprint density at radius 3 is 2.50 bits per heavy atom. The van der Waals surface area contributed by atoms with Crippen molar-refractivity contribution < 1.29 is 19.4 Å². The van der Waals surface area contributed by atoms with Crippen LogP contribution in [0.15, 0.2) is 78.9 Å². The van der Waals surface area contributed by atoms with Gasteiger partial charge in [0, 0.05) is 6.08 Å². The van der Waals surface area contributed by atoms with Gasteiger partial charge in [-0.1, -0.05) is 48.5 Å². The Kier molecular flexibility index (Phi) is 6.31. The molecule has 0 saturated heterocycles. The zero-order chi connectivity index (χ0) is 19.8. The molecule has 3 aromatic carbocycles. The summed E-state index contributed by atoms with van der Waals surface area (Å²) in [6.45, 7) is 0.411. The molecule has 0 fully saturated rings. The summed E-state index contributed by atoms with van der Waals surface area (Å²) >= 11 is 0. The highest BCUT2D eigenvalue weighted by molar-refractivity contribution is 6.02. The number of phenols is 1. The van der Waals surface area contributed by atoms with Crippen LogP contribution in [0, 0.1) is 0 Å². The molecule has 3 aromatic rings. The van der Waals surface area contributed by atoms with Gasteiger partial charge in [0.15, 0.2) is 11.5 Å². The first-order valence-corrected chi connectivity index (χ1v) is 8.77. The molecule has 0 aliphatic carbocycles. The lowest BCUT2D eigenvalue weighted by molar-refractivity contribution is -0.111. The molecule has 0 aliphatic heterocycles. The minimum Gasteiger partial charge on any atom is -0.504 e. The van der Waals surface area contributed by atoms with Gasteiger partial charge in [-0.05, 0) is 41.5 Å². The molecule has 0 aliphatic rings. The number of anilines is 1. The van der Waals surface area contributed by atoms with Crippen LogP contribution in [0.2, 0.25) is 0 Å². The van der Waals surface area contributed by atoms with Crippen molar-refractivity contribution in [3.63, 3.8) is 0 Å². The average Bonchev–Trinajstić information content (AvgIpc) is 2.72. The van der Waals surface area contributed by atoms with E-state index in [1.807, 2.05) is 48.5 Å². The fourth-order valence-corrected chi connectivity index (χ4v) is 2.59. The van der Waals surface area contributed by atoms with E-state index >= 15 is 0 Å². The van der Waals surface area contributed by atoms with Gasteiger partial charge < -0.3 is 19.9 Å². The van der Waals surface area contributed by atoms with E-state index in [2.05, 4.69) is 5.32 Å². The molecule has 0 bridgehead atoms. The number of aromatic hydroxyl groups is 1. The summed E-state index contributed by atoms with van der Waals surface area (Å²) in [6, 6.07) is 22.0. The average molecular weight is 375 g/mol. The lowest BCUT2D eigenvalue weighted by atomic mass is 10.2. The number of hydrogen-bond donors (Lipinski definition) is 2. The van der Waals surface area contributed by atoms with Crippen molar-refractivity contribution in [1.29, 1.82) is 0 Å². The van der Waals surface area contributed by atoms with Crippen molar-refractivity contribution in [2.75, 3.05) is 12.4 Å². The minimum absolute atomic E-state index is 0.0183. The lowest BCUT2D eigenvalue weighted by Gasteiger charge is -2.11. The van der Waals surface area contributed by atoms with Crippen molar-refractivity contribution in [1.82, 2.24) is 0 Å². The van der Waals surface area contributed by atoms with E-state index in [4.69, 9.17) is 9.47 Å². The first-order chi connectivity index (χ1) is 13.7. The molecule has 0 aromatic heterocycles. The molecule has 2 N–H and O–H groups in total. The van der Waals surface area contributed by atoms with E-state index in [1.54, 1.807) is 24.3 Å². The molecule has 142 valence electrons. The Labute approximate surface area is 163 Å². The van der Waals surface area contributed by atoms with Gasteiger partial charge >= 0.3 is 0 Å². The van der Waals surface area contributed by atoms with Gasteiger partial charge in [-0.3, -0.25) is 4.79 Å². The summed E-state index contributed by atoms with van der Waals surface area (Å²) in [5, 5.41) is 12.6. The summed E-state index contributed by atoms with van der Waals surface area (Å²) in [4.78, 5) is 12.3. The summed E-state index contributed by atoms with van der Waals surface area (Å²) in [5.74, 6) is 0.692. The van der Waals surface area contributed by atoms with Crippen LogP contribution in [0.3, 0.4) is 0 Å². The van der Waals surface area contributed by atoms with Gasteiger partial charge in [0.1, 0.15) is 12.4 Å². The van der Waals surface area contributed by atoms with Crippen LogP contribution >= 0.6 is 0 Å². The molecular formula is C23H21NO4. The minimum atomic E-state index is -0.300. The van der Waals surface area contributed by atoms with E-state index in [0.717, 1.165) is 5.56 Å². The highest BCUT2D eigenvalue weighted by Crippen LogP contribution is 2.27. The largest absolute Gasteiger partial charge is 0.504 e. The highest BCUT2D eigenvalue weighted by Gasteiger charge is 2.06. The number of hydrogen-bond acceptors (Lipinski definition) is 4. The second kappa shape index (κ2) is 9.28. The number of carbonyl (C=O) groups excluding carboxylic acids is 1. The van der Waals surface area contributed by atoms with Crippen LogP contribution < -0.4 is 14.8 Å². The number of methoxy groups -OCH3 is 1. The second-order valence-corrected chi connectivity index (χ2v) is 6.02. The maximum Gasteiger partial charge on any atom is 0.248 e. The quantitative estimate of drug-likeness (QED) is 0.591. The summed E-state index contributed by atoms with van der Waals surface area (Å²) in [7, 11) is 1.48. The standard InChI is InChI=1S/C23H21NO4/c1-27-22-13-11-17(15-20(22)25)12-14-23(26)24-19-9-5-6-10-21(19)28-16-18-7-3-2-4-8-18/h2-15,25H,16H2,1H3,(H,24,26)/b14-12+. The van der Waals surface area contributed by atoms with Crippen molar-refractivity contribution in [3.05, 3.63) is 90.0 Å². The third-order valence-corrected chi connectivity index (χ3v) is 4.01. The second-order valence-electron chi connectivity index (χ2n) is 6.02. The Bertz CT molecular complexity index is 967. The third kappa shape index (κ3) is 5.14. The van der Waals surface area contributed by atoms with Crippen molar-refractivity contribution >= 4 is 17.7 Å². The van der Waals surface area contributed by atoms with E-state index in [9.17, 15) is 9.90 Å². The van der Waals surface area contributed by atoms with Gasteiger partial charge in [-0.25, -0.2) is 0 Å². The van der Waals surface area contributed by atoms with Gasteiger partial charge in [0.2, 0.25) is 5.91 Å². The van der Waals surface area contributed by atoms with Crippen molar-refractivity contribution in [2.45, 2.75) is 6.61 Å². The van der Waals surface area contributed by atoms with Crippen LogP contribution in [-0.4, -0.2) is 18.1 Å². The molecule has 0 heterocycles. The van der Waals surface area contributed by atoms with Crippen LogP contribution in [0.5, 0.6) is 17.2 Å². The first-order valence-electron chi connectivity index (χ1n) is 8.77. The van der Waals surface area contributed by atoms with Crippen LogP contribution in [0.25, 0.3) is 6.08 Å². The Hall–Kier alpha value is -3.73. The van der Waals surface area contributed by atoms with E-state index < -0.39 is 0 Å².